The molecule has 0 aromatic rings. The smallest absolute Gasteiger partial charge is 0.235 e. The van der Waals surface area contributed by atoms with E-state index in [1.807, 2.05) is 0 Å². The molecule has 0 aliphatic carbocycles. The lowest BCUT2D eigenvalue weighted by molar-refractivity contribution is -0.128. The van der Waals surface area contributed by atoms with Gasteiger partial charge in [-0.3, -0.25) is 9.59 Å². The Morgan fingerprint density at radius 3 is 2.07 bits per heavy atom. The standard InChI is InChI=1S/C10H11NO4/c1-3-8(14)10(9(15)4-2)7(5-12)11-6-13/h3-4,7,10,12H,1-2,5H2. The molecule has 5 heteroatoms. The van der Waals surface area contributed by atoms with Gasteiger partial charge in [0.1, 0.15) is 12.0 Å². The van der Waals surface area contributed by atoms with Gasteiger partial charge in [-0.25, -0.2) is 4.79 Å². The minimum Gasteiger partial charge on any atom is -0.394 e. The quantitative estimate of drug-likeness (QED) is 0.272. The van der Waals surface area contributed by atoms with E-state index in [0.29, 0.717) is 0 Å². The number of hydrogen-bond donors (Lipinski definition) is 1. The van der Waals surface area contributed by atoms with E-state index in [1.165, 1.54) is 6.08 Å². The maximum atomic E-state index is 11.3. The Morgan fingerprint density at radius 1 is 1.33 bits per heavy atom. The van der Waals surface area contributed by atoms with Crippen molar-refractivity contribution in [2.75, 3.05) is 6.61 Å². The average molecular weight is 209 g/mol. The molecule has 0 amide bonds. The average Bonchev–Trinajstić information content (AvgIpc) is 2.27. The first-order valence-corrected chi connectivity index (χ1v) is 4.12. The normalized spacial score (nSPS) is 11.3. The molecule has 15 heavy (non-hydrogen) atoms. The molecule has 0 aromatic carbocycles. The van der Waals surface area contributed by atoms with Crippen molar-refractivity contribution in [1.82, 2.24) is 0 Å². The first kappa shape index (κ1) is 13.2. The molecular formula is C10H11NO4. The fourth-order valence-corrected chi connectivity index (χ4v) is 1.06. The Morgan fingerprint density at radius 2 is 1.80 bits per heavy atom. The zero-order valence-electron chi connectivity index (χ0n) is 8.05. The summed E-state index contributed by atoms with van der Waals surface area (Å²) in [6.07, 6.45) is 3.08. The summed E-state index contributed by atoms with van der Waals surface area (Å²) < 4.78 is 0. The molecule has 0 saturated carbocycles. The molecule has 1 N–H and O–H groups in total. The summed E-state index contributed by atoms with van der Waals surface area (Å²) in [5, 5.41) is 8.87. The van der Waals surface area contributed by atoms with Gasteiger partial charge in [-0.15, -0.1) is 0 Å². The van der Waals surface area contributed by atoms with E-state index in [9.17, 15) is 14.4 Å². The number of isocyanates is 1. The van der Waals surface area contributed by atoms with Crippen LogP contribution >= 0.6 is 0 Å². The third kappa shape index (κ3) is 3.42. The van der Waals surface area contributed by atoms with Crippen molar-refractivity contribution < 1.29 is 19.5 Å². The van der Waals surface area contributed by atoms with Crippen molar-refractivity contribution in [3.63, 3.8) is 0 Å². The molecule has 0 fully saturated rings. The molecule has 0 bridgehead atoms. The third-order valence-corrected chi connectivity index (χ3v) is 1.81. The largest absolute Gasteiger partial charge is 0.394 e. The van der Waals surface area contributed by atoms with Gasteiger partial charge in [0.2, 0.25) is 6.08 Å². The van der Waals surface area contributed by atoms with Crippen LogP contribution in [0.4, 0.5) is 0 Å². The van der Waals surface area contributed by atoms with Gasteiger partial charge in [0.05, 0.1) is 6.61 Å². The maximum absolute atomic E-state index is 11.3. The number of ketones is 2. The highest BCUT2D eigenvalue weighted by atomic mass is 16.3. The molecule has 0 spiro atoms. The van der Waals surface area contributed by atoms with Crippen molar-refractivity contribution in [2.45, 2.75) is 6.04 Å². The summed E-state index contributed by atoms with van der Waals surface area (Å²) in [4.78, 5) is 35.8. The summed E-state index contributed by atoms with van der Waals surface area (Å²) in [7, 11) is 0. The van der Waals surface area contributed by atoms with Crippen LogP contribution in [0.3, 0.4) is 0 Å². The summed E-state index contributed by atoms with van der Waals surface area (Å²) in [6, 6.07) is -1.13. The highest BCUT2D eigenvalue weighted by molar-refractivity contribution is 6.11. The molecular weight excluding hydrogens is 198 g/mol. The Kier molecular flexibility index (Phi) is 5.78. The van der Waals surface area contributed by atoms with Gasteiger partial charge in [0.25, 0.3) is 0 Å². The maximum Gasteiger partial charge on any atom is 0.235 e. The van der Waals surface area contributed by atoms with Gasteiger partial charge in [-0.05, 0) is 12.2 Å². The molecule has 0 heterocycles. The van der Waals surface area contributed by atoms with E-state index in [1.54, 1.807) is 0 Å². The molecule has 0 rings (SSSR count). The fraction of sp³-hybridized carbons (Fsp3) is 0.300. The Hall–Kier alpha value is -1.84. The van der Waals surface area contributed by atoms with Gasteiger partial charge in [-0.2, -0.15) is 4.99 Å². The number of aliphatic hydroxyl groups excluding tert-OH is 1. The van der Waals surface area contributed by atoms with Crippen LogP contribution in [-0.4, -0.2) is 35.4 Å². The van der Waals surface area contributed by atoms with E-state index < -0.39 is 30.1 Å². The fourth-order valence-electron chi connectivity index (χ4n) is 1.06. The number of aliphatic hydroxyl groups is 1. The van der Waals surface area contributed by atoms with Crippen LogP contribution in [0.25, 0.3) is 0 Å². The predicted octanol–water partition coefficient (Wildman–Crippen LogP) is -0.191. The SMILES string of the molecule is C=CC(=O)C(C(=O)C=C)C(CO)N=C=O. The molecule has 80 valence electrons. The van der Waals surface area contributed by atoms with E-state index in [0.717, 1.165) is 12.2 Å². The molecule has 0 aliphatic heterocycles. The highest BCUT2D eigenvalue weighted by Crippen LogP contribution is 2.11. The number of allylic oxidation sites excluding steroid dienone is 2. The van der Waals surface area contributed by atoms with Crippen LogP contribution in [0.2, 0.25) is 0 Å². The van der Waals surface area contributed by atoms with Gasteiger partial charge in [0.15, 0.2) is 11.6 Å². The minimum atomic E-state index is -1.24. The molecule has 1 unspecified atom stereocenters. The zero-order chi connectivity index (χ0) is 11.8. The monoisotopic (exact) mass is 209 g/mol. The molecule has 0 aromatic heterocycles. The van der Waals surface area contributed by atoms with Crippen molar-refractivity contribution >= 4 is 17.6 Å². The molecule has 5 nitrogen and oxygen atoms in total. The van der Waals surface area contributed by atoms with Crippen LogP contribution < -0.4 is 0 Å². The van der Waals surface area contributed by atoms with Gasteiger partial charge in [-0.1, -0.05) is 13.2 Å². The number of carbonyl (C=O) groups excluding carboxylic acids is 3. The number of hydrogen-bond acceptors (Lipinski definition) is 5. The predicted molar refractivity (Wildman–Crippen MR) is 52.9 cm³/mol. The topological polar surface area (TPSA) is 83.8 Å². The van der Waals surface area contributed by atoms with Crippen molar-refractivity contribution in [1.29, 1.82) is 0 Å². The van der Waals surface area contributed by atoms with Crippen LogP contribution in [-0.2, 0) is 14.4 Å². The lowest BCUT2D eigenvalue weighted by Gasteiger charge is -2.15. The van der Waals surface area contributed by atoms with Gasteiger partial charge >= 0.3 is 0 Å². The number of nitrogens with zero attached hydrogens (tertiary/aromatic N) is 1. The minimum absolute atomic E-state index is 0.598. The molecule has 0 radical (unpaired) electrons. The lowest BCUT2D eigenvalue weighted by Crippen LogP contribution is -2.34. The van der Waals surface area contributed by atoms with Crippen molar-refractivity contribution in [3.8, 4) is 0 Å². The van der Waals surface area contributed by atoms with E-state index in [-0.39, 0.29) is 0 Å². The Labute approximate surface area is 86.8 Å². The number of aliphatic imine (C=N–C) groups is 1. The van der Waals surface area contributed by atoms with Gasteiger partial charge in [0, 0.05) is 0 Å². The van der Waals surface area contributed by atoms with Crippen LogP contribution in [0.5, 0.6) is 0 Å². The third-order valence-electron chi connectivity index (χ3n) is 1.81. The Bertz CT molecular complexity index is 308. The van der Waals surface area contributed by atoms with Crippen molar-refractivity contribution in [3.05, 3.63) is 25.3 Å². The van der Waals surface area contributed by atoms with E-state index >= 15 is 0 Å². The van der Waals surface area contributed by atoms with Crippen LogP contribution in [0.1, 0.15) is 0 Å². The molecule has 0 saturated heterocycles. The lowest BCUT2D eigenvalue weighted by atomic mass is 9.91. The van der Waals surface area contributed by atoms with Gasteiger partial charge < -0.3 is 5.11 Å². The molecule has 1 atom stereocenters. The second-order valence-corrected chi connectivity index (χ2v) is 2.66. The Balaban J connectivity index is 5.13. The summed E-state index contributed by atoms with van der Waals surface area (Å²) in [5.74, 6) is -2.47. The second-order valence-electron chi connectivity index (χ2n) is 2.66. The summed E-state index contributed by atoms with van der Waals surface area (Å²) >= 11 is 0. The highest BCUT2D eigenvalue weighted by Gasteiger charge is 2.31. The van der Waals surface area contributed by atoms with Crippen LogP contribution in [0.15, 0.2) is 30.3 Å². The van der Waals surface area contributed by atoms with Crippen molar-refractivity contribution in [2.24, 2.45) is 10.9 Å². The summed E-state index contributed by atoms with van der Waals surface area (Å²) in [6.45, 7) is 5.84. The van der Waals surface area contributed by atoms with E-state index in [4.69, 9.17) is 5.11 Å². The van der Waals surface area contributed by atoms with Crippen LogP contribution in [0, 0.1) is 5.92 Å². The second kappa shape index (κ2) is 6.59. The number of carbonyl (C=O) groups is 2. The first-order chi connectivity index (χ1) is 7.12. The number of rotatable bonds is 7. The summed E-state index contributed by atoms with van der Waals surface area (Å²) in [5.41, 5.74) is 0. The molecule has 0 aliphatic rings. The zero-order valence-corrected chi connectivity index (χ0v) is 8.05. The first-order valence-electron chi connectivity index (χ1n) is 4.12. The van der Waals surface area contributed by atoms with E-state index in [2.05, 4.69) is 18.2 Å².